The number of nitrogens with zero attached hydrogens (tertiary/aromatic N) is 2. The first-order valence-corrected chi connectivity index (χ1v) is 15.1. The highest BCUT2D eigenvalue weighted by molar-refractivity contribution is 5.96. The van der Waals surface area contributed by atoms with E-state index in [2.05, 4.69) is 0 Å². The number of carbonyl (C=O) groups is 4. The van der Waals surface area contributed by atoms with Gasteiger partial charge >= 0.3 is 12.2 Å². The maximum Gasteiger partial charge on any atom is 0.416 e. The highest BCUT2D eigenvalue weighted by Crippen LogP contribution is 2.29. The van der Waals surface area contributed by atoms with Gasteiger partial charge in [-0.25, -0.2) is 19.4 Å². The molecule has 0 bridgehead atoms. The van der Waals surface area contributed by atoms with Crippen LogP contribution in [0.2, 0.25) is 0 Å². The quantitative estimate of drug-likeness (QED) is 0.267. The zero-order valence-electron chi connectivity index (χ0n) is 24.5. The summed E-state index contributed by atoms with van der Waals surface area (Å²) in [4.78, 5) is 55.9. The molecule has 0 N–H and O–H groups in total. The van der Waals surface area contributed by atoms with Crippen LogP contribution < -0.4 is 0 Å². The number of hydrogen-bond acceptors (Lipinski definition) is 6. The largest absolute Gasteiger partial charge is 0.447 e. The van der Waals surface area contributed by atoms with E-state index in [4.69, 9.17) is 9.47 Å². The van der Waals surface area contributed by atoms with Crippen LogP contribution in [0.1, 0.15) is 42.9 Å². The average molecular weight is 583 g/mol. The van der Waals surface area contributed by atoms with Crippen LogP contribution in [0.15, 0.2) is 91.0 Å². The van der Waals surface area contributed by atoms with Gasteiger partial charge in [0.05, 0.1) is 12.1 Å². The molecule has 2 aliphatic heterocycles. The van der Waals surface area contributed by atoms with E-state index >= 15 is 0 Å². The first-order valence-electron chi connectivity index (χ1n) is 15.1. The summed E-state index contributed by atoms with van der Waals surface area (Å²) in [6.45, 7) is 2.22. The molecule has 0 spiro atoms. The monoisotopic (exact) mass is 582 g/mol. The molecule has 0 aromatic heterocycles. The zero-order valence-corrected chi connectivity index (χ0v) is 24.5. The molecule has 224 valence electrons. The maximum absolute atomic E-state index is 14.1. The number of imide groups is 2. The second-order valence-corrected chi connectivity index (χ2v) is 11.3. The Kier molecular flexibility index (Phi) is 9.87. The highest BCUT2D eigenvalue weighted by Gasteiger charge is 2.43. The van der Waals surface area contributed by atoms with Gasteiger partial charge in [0.25, 0.3) is 0 Å². The molecule has 3 aromatic rings. The van der Waals surface area contributed by atoms with Crippen molar-refractivity contribution in [3.8, 4) is 0 Å². The smallest absolute Gasteiger partial charge is 0.416 e. The van der Waals surface area contributed by atoms with Gasteiger partial charge in [-0.3, -0.25) is 9.59 Å². The third-order valence-corrected chi connectivity index (χ3v) is 8.41. The lowest BCUT2D eigenvalue weighted by Gasteiger charge is -2.28. The van der Waals surface area contributed by atoms with Crippen LogP contribution in [-0.2, 0) is 38.3 Å². The summed E-state index contributed by atoms with van der Waals surface area (Å²) in [6.07, 6.45) is 1.49. The summed E-state index contributed by atoms with van der Waals surface area (Å²) in [7, 11) is 0. The molecule has 4 unspecified atom stereocenters. The molecule has 2 aliphatic rings. The van der Waals surface area contributed by atoms with E-state index in [-0.39, 0.29) is 31.1 Å². The number of amides is 4. The van der Waals surface area contributed by atoms with Gasteiger partial charge in [-0.05, 0) is 55.2 Å². The van der Waals surface area contributed by atoms with Gasteiger partial charge in [0.1, 0.15) is 13.2 Å². The van der Waals surface area contributed by atoms with Gasteiger partial charge in [0.2, 0.25) is 11.8 Å². The van der Waals surface area contributed by atoms with Crippen molar-refractivity contribution < 1.29 is 28.7 Å². The Balaban J connectivity index is 1.31. The molecule has 0 saturated carbocycles. The van der Waals surface area contributed by atoms with E-state index < -0.39 is 30.1 Å². The molecule has 4 atom stereocenters. The van der Waals surface area contributed by atoms with Gasteiger partial charge in [0, 0.05) is 11.8 Å². The molecular weight excluding hydrogens is 544 g/mol. The van der Waals surface area contributed by atoms with Crippen LogP contribution in [0.4, 0.5) is 9.59 Å². The lowest BCUT2D eigenvalue weighted by atomic mass is 9.87. The highest BCUT2D eigenvalue weighted by atomic mass is 16.6. The second-order valence-electron chi connectivity index (χ2n) is 11.3. The summed E-state index contributed by atoms with van der Waals surface area (Å²) < 4.78 is 10.7. The number of carbonyl (C=O) groups excluding carboxylic acids is 4. The number of rotatable bonds is 12. The molecule has 0 aliphatic carbocycles. The van der Waals surface area contributed by atoms with Crippen LogP contribution in [0, 0.1) is 11.8 Å². The van der Waals surface area contributed by atoms with Crippen molar-refractivity contribution in [3.63, 3.8) is 0 Å². The lowest BCUT2D eigenvalue weighted by molar-refractivity contribution is -0.136. The fraction of sp³-hybridized carbons (Fsp3) is 0.371. The average Bonchev–Trinajstić information content (AvgIpc) is 3.58. The van der Waals surface area contributed by atoms with Gasteiger partial charge in [-0.1, -0.05) is 97.9 Å². The predicted molar refractivity (Wildman–Crippen MR) is 161 cm³/mol. The Hall–Kier alpha value is -4.46. The van der Waals surface area contributed by atoms with Crippen LogP contribution in [0.5, 0.6) is 0 Å². The van der Waals surface area contributed by atoms with Crippen molar-refractivity contribution in [1.29, 1.82) is 0 Å². The topological polar surface area (TPSA) is 93.2 Å². The molecule has 5 rings (SSSR count). The second kappa shape index (κ2) is 14.1. The van der Waals surface area contributed by atoms with Crippen molar-refractivity contribution in [1.82, 2.24) is 9.80 Å². The van der Waals surface area contributed by atoms with E-state index in [0.717, 1.165) is 16.7 Å². The minimum Gasteiger partial charge on any atom is -0.447 e. The molecule has 8 nitrogen and oxygen atoms in total. The van der Waals surface area contributed by atoms with Gasteiger partial charge in [0.15, 0.2) is 0 Å². The van der Waals surface area contributed by atoms with E-state index in [0.29, 0.717) is 38.5 Å². The summed E-state index contributed by atoms with van der Waals surface area (Å²) in [5.41, 5.74) is 3.01. The fourth-order valence-electron chi connectivity index (χ4n) is 6.04. The summed E-state index contributed by atoms with van der Waals surface area (Å²) in [5.74, 6) is -1.59. The lowest BCUT2D eigenvalue weighted by Crippen LogP contribution is -2.45. The molecule has 0 radical (unpaired) electrons. The minimum absolute atomic E-state index is 0.146. The van der Waals surface area contributed by atoms with Crippen molar-refractivity contribution in [2.45, 2.75) is 57.5 Å². The molecule has 8 heteroatoms. The maximum atomic E-state index is 14.1. The Morgan fingerprint density at radius 2 is 1.05 bits per heavy atom. The van der Waals surface area contributed by atoms with Crippen molar-refractivity contribution in [2.75, 3.05) is 13.2 Å². The molecular formula is C35H38N2O6. The minimum atomic E-state index is -0.629. The first kappa shape index (κ1) is 30.0. The third-order valence-electron chi connectivity index (χ3n) is 8.41. The van der Waals surface area contributed by atoms with Crippen LogP contribution >= 0.6 is 0 Å². The van der Waals surface area contributed by atoms with Crippen molar-refractivity contribution in [3.05, 3.63) is 108 Å². The van der Waals surface area contributed by atoms with E-state index in [1.807, 2.05) is 97.9 Å². The molecule has 3 aromatic carbocycles. The van der Waals surface area contributed by atoms with Crippen molar-refractivity contribution >= 4 is 24.0 Å². The number of ether oxygens (including phenoxy) is 2. The molecule has 2 heterocycles. The third kappa shape index (κ3) is 7.31. The predicted octanol–water partition coefficient (Wildman–Crippen LogP) is 5.83. The standard InChI is InChI=1S/C35H38N2O6/c1-2-28(32(38)36-30(23-42-34(36)40)21-26-14-8-4-9-15-26)18-19-29(20-25-12-6-3-7-13-25)33(39)37-31(24-43-35(37)41)22-27-16-10-5-11-17-27/h3-17,28-31H,2,18-24H2,1H3. The Morgan fingerprint density at radius 3 is 1.49 bits per heavy atom. The van der Waals surface area contributed by atoms with Crippen LogP contribution in [0.3, 0.4) is 0 Å². The molecule has 43 heavy (non-hydrogen) atoms. The van der Waals surface area contributed by atoms with Gasteiger partial charge < -0.3 is 9.47 Å². The first-order chi connectivity index (χ1) is 20.9. The normalized spacial score (nSPS) is 19.6. The summed E-state index contributed by atoms with van der Waals surface area (Å²) >= 11 is 0. The Labute approximate surface area is 252 Å². The number of hydrogen-bond donors (Lipinski definition) is 0. The van der Waals surface area contributed by atoms with E-state index in [1.54, 1.807) is 0 Å². The molecule has 2 saturated heterocycles. The zero-order chi connectivity index (χ0) is 30.2. The van der Waals surface area contributed by atoms with Crippen LogP contribution in [-0.4, -0.2) is 59.1 Å². The molecule has 4 amide bonds. The van der Waals surface area contributed by atoms with Gasteiger partial charge in [-0.2, -0.15) is 0 Å². The number of benzene rings is 3. The van der Waals surface area contributed by atoms with Gasteiger partial charge in [-0.15, -0.1) is 0 Å². The van der Waals surface area contributed by atoms with E-state index in [1.165, 1.54) is 9.80 Å². The summed E-state index contributed by atoms with van der Waals surface area (Å²) in [5, 5.41) is 0. The Morgan fingerprint density at radius 1 is 0.651 bits per heavy atom. The fourth-order valence-corrected chi connectivity index (χ4v) is 6.04. The molecule has 2 fully saturated rings. The van der Waals surface area contributed by atoms with Crippen LogP contribution in [0.25, 0.3) is 0 Å². The Bertz CT molecular complexity index is 1400. The van der Waals surface area contributed by atoms with Crippen molar-refractivity contribution in [2.24, 2.45) is 11.8 Å². The number of cyclic esters (lactones) is 2. The van der Waals surface area contributed by atoms with E-state index in [9.17, 15) is 19.2 Å². The summed E-state index contributed by atoms with van der Waals surface area (Å²) in [6, 6.07) is 28.3. The SMILES string of the molecule is CCC(CCC(Cc1ccccc1)C(=O)N1C(=O)OCC1Cc1ccccc1)C(=O)N1C(=O)OCC1Cc1ccccc1.